The first kappa shape index (κ1) is 4250. The summed E-state index contributed by atoms with van der Waals surface area (Å²) in [4.78, 5) is 0. The largest absolute Gasteiger partial charge is 0.412 e. The van der Waals surface area contributed by atoms with Crippen molar-refractivity contribution >= 4 is 0 Å². The van der Waals surface area contributed by atoms with E-state index < -0.39 is 0 Å². The molecule has 0 unspecified atom stereocenters. The Bertz CT molecular complexity index is 78.3. The van der Waals surface area contributed by atoms with Gasteiger partial charge in [0, 0.05) is 569 Å². The number of hydrogen-bond donors (Lipinski definition) is 0. The summed E-state index contributed by atoms with van der Waals surface area (Å²) >= 11 is 0. The van der Waals surface area contributed by atoms with E-state index in [1.165, 1.54) is 0 Å². The normalized spacial score (nSPS) is 0. The SMILES string of the molecule is O.O.O.O.O.O.O.O.O.O.O.O.O.O.O.O.O.O.O.O.O.O.O.O.O.O.O.O.O.O.O.O.O.O.O.O.O.O.O.O.O.O.O.O.O.O.O.O.O.O.O.O.O.O.O.O.O.O.O.O.O.[Mo].[Mo].[Mo].[Mo].[Mo].[Mo].[Mo].[Mo].[Mo].[Mo].[Mo].[Mo].[Mo].[Mo].[Mo].[Mo].[Mo].[Mo].[Mo].[Mo].[Mo].[Mo].[Mo].[Mo].[Mo].[Mo].[Mo]. The van der Waals surface area contributed by atoms with Gasteiger partial charge >= 0.3 is 0 Å². The van der Waals surface area contributed by atoms with Crippen molar-refractivity contribution in [2.45, 2.75) is 0 Å². The summed E-state index contributed by atoms with van der Waals surface area (Å²) in [5.74, 6) is 0. The molecule has 0 rings (SSSR count). The van der Waals surface area contributed by atoms with Crippen LogP contribution in [0.3, 0.4) is 0 Å². The fourth-order valence-corrected chi connectivity index (χ4v) is 0. The Morgan fingerprint density at radius 2 is 0.0227 bits per heavy atom. The molecule has 0 radical (unpaired) electrons. The molecular formula is H122Mo27O61. The molecule has 0 aromatic heterocycles. The van der Waals surface area contributed by atoms with Crippen LogP contribution >= 0.6 is 0 Å². The Morgan fingerprint density at radius 1 is 0.0227 bits per heavy atom. The summed E-state index contributed by atoms with van der Waals surface area (Å²) < 4.78 is 0. The predicted molar refractivity (Wildman–Crippen MR) is 220 cm³/mol. The summed E-state index contributed by atoms with van der Waals surface area (Å²) in [6.45, 7) is 0. The summed E-state index contributed by atoms with van der Waals surface area (Å²) in [5.41, 5.74) is 0. The van der Waals surface area contributed by atoms with Crippen LogP contribution in [0.5, 0.6) is 0 Å². The van der Waals surface area contributed by atoms with Gasteiger partial charge in [-0.2, -0.15) is 0 Å². The van der Waals surface area contributed by atoms with Gasteiger partial charge < -0.3 is 334 Å². The average molecular weight is 3690 g/mol. The van der Waals surface area contributed by atoms with Crippen molar-refractivity contribution in [2.24, 2.45) is 0 Å². The van der Waals surface area contributed by atoms with Gasteiger partial charge in [-0.1, -0.05) is 0 Å². The van der Waals surface area contributed by atoms with Crippen LogP contribution in [0.25, 0.3) is 0 Å². The van der Waals surface area contributed by atoms with Crippen molar-refractivity contribution in [3.05, 3.63) is 0 Å². The van der Waals surface area contributed by atoms with E-state index in [4.69, 9.17) is 0 Å². The minimum absolute atomic E-state index is 0. The van der Waals surface area contributed by atoms with Crippen molar-refractivity contribution in [2.75, 3.05) is 0 Å². The quantitative estimate of drug-likeness (QED) is 0.204. The van der Waals surface area contributed by atoms with Crippen molar-refractivity contribution < 1.29 is 903 Å². The second-order valence-corrected chi connectivity index (χ2v) is 0. The Hall–Kier alpha value is 16.1. The Morgan fingerprint density at radius 3 is 0.0227 bits per heavy atom. The molecule has 61 nitrogen and oxygen atoms in total. The minimum atomic E-state index is 0. The molecule has 0 aliphatic rings. The van der Waals surface area contributed by atoms with Crippen LogP contribution in [0.15, 0.2) is 0 Å². The zero-order valence-corrected chi connectivity index (χ0v) is 95.7. The maximum absolute atomic E-state index is 0. The topological polar surface area (TPSA) is 1920 Å². The van der Waals surface area contributed by atoms with E-state index in [-0.39, 0.29) is 903 Å². The Labute approximate surface area is 886 Å². The zero-order chi connectivity index (χ0) is 0. The molecule has 650 valence electrons. The number of rotatable bonds is 0. The van der Waals surface area contributed by atoms with Crippen molar-refractivity contribution in [3.63, 3.8) is 0 Å². The summed E-state index contributed by atoms with van der Waals surface area (Å²) in [6, 6.07) is 0. The molecule has 0 saturated carbocycles. The molecule has 0 aliphatic carbocycles. The fourth-order valence-electron chi connectivity index (χ4n) is 0. The second-order valence-electron chi connectivity index (χ2n) is 0. The van der Waals surface area contributed by atoms with E-state index in [0.717, 1.165) is 0 Å². The summed E-state index contributed by atoms with van der Waals surface area (Å²) in [7, 11) is 0. The Kier molecular flexibility index (Phi) is 199000. The monoisotopic (exact) mass is 3740 g/mol. The third kappa shape index (κ3) is 4010. The van der Waals surface area contributed by atoms with Crippen LogP contribution in [0.1, 0.15) is 0 Å². The van der Waals surface area contributed by atoms with E-state index in [2.05, 4.69) is 0 Å². The van der Waals surface area contributed by atoms with Gasteiger partial charge in [0.05, 0.1) is 0 Å². The van der Waals surface area contributed by atoms with Crippen LogP contribution in [0, 0.1) is 0 Å². The van der Waals surface area contributed by atoms with E-state index in [1.54, 1.807) is 0 Å². The fraction of sp³-hybridized carbons (Fsp3) is 0. The molecule has 0 aromatic rings. The molecule has 88 heavy (non-hydrogen) atoms. The summed E-state index contributed by atoms with van der Waals surface area (Å²) in [6.07, 6.45) is 0. The van der Waals surface area contributed by atoms with Crippen molar-refractivity contribution in [3.8, 4) is 0 Å². The van der Waals surface area contributed by atoms with Gasteiger partial charge in [0.25, 0.3) is 0 Å². The summed E-state index contributed by atoms with van der Waals surface area (Å²) in [5, 5.41) is 0. The van der Waals surface area contributed by atoms with Crippen LogP contribution in [-0.4, -0.2) is 334 Å². The van der Waals surface area contributed by atoms with Gasteiger partial charge in [-0.05, 0) is 0 Å². The standard InChI is InChI=1S/27Mo.61H2O/h;;;;;;;;;;;;;;;;;;;;;;;;;;;61*1H2. The van der Waals surface area contributed by atoms with Gasteiger partial charge in [0.15, 0.2) is 0 Å². The molecule has 0 amide bonds. The molecule has 88 heteroatoms. The van der Waals surface area contributed by atoms with E-state index in [0.29, 0.717) is 0 Å². The van der Waals surface area contributed by atoms with Crippen molar-refractivity contribution in [1.82, 2.24) is 0 Å². The van der Waals surface area contributed by atoms with Gasteiger partial charge in [0.2, 0.25) is 0 Å². The Balaban J connectivity index is 0. The molecule has 0 aromatic carbocycles. The third-order valence-corrected chi connectivity index (χ3v) is 0. The van der Waals surface area contributed by atoms with E-state index >= 15 is 0 Å². The molecule has 0 spiro atoms. The van der Waals surface area contributed by atoms with Crippen LogP contribution in [0.4, 0.5) is 0 Å². The van der Waals surface area contributed by atoms with Crippen LogP contribution in [-0.2, 0) is 569 Å². The molecular weight excluding hydrogens is 3570 g/mol. The van der Waals surface area contributed by atoms with Crippen LogP contribution < -0.4 is 0 Å². The van der Waals surface area contributed by atoms with Crippen LogP contribution in [0.2, 0.25) is 0 Å². The maximum atomic E-state index is 0. The third-order valence-electron chi connectivity index (χ3n) is 0. The molecule has 0 saturated heterocycles. The first-order valence-corrected chi connectivity index (χ1v) is 0. The van der Waals surface area contributed by atoms with Gasteiger partial charge in [-0.3, -0.25) is 0 Å². The molecule has 0 bridgehead atoms. The first-order chi connectivity index (χ1) is 0. The molecule has 0 heterocycles. The average Bonchev–Trinajstić information content (AvgIpc) is 0. The van der Waals surface area contributed by atoms with E-state index in [1.807, 2.05) is 0 Å². The van der Waals surface area contributed by atoms with Crippen molar-refractivity contribution in [1.29, 1.82) is 0 Å². The predicted octanol–water partition coefficient (Wildman–Crippen LogP) is -50.4. The van der Waals surface area contributed by atoms with Gasteiger partial charge in [0.1, 0.15) is 0 Å². The smallest absolute Gasteiger partial charge is 0 e. The second kappa shape index (κ2) is 4130. The minimum Gasteiger partial charge on any atom is -0.412 e. The van der Waals surface area contributed by atoms with E-state index in [9.17, 15) is 0 Å². The van der Waals surface area contributed by atoms with Gasteiger partial charge in [-0.15, -0.1) is 0 Å². The van der Waals surface area contributed by atoms with Gasteiger partial charge in [-0.25, -0.2) is 0 Å². The maximum Gasteiger partial charge on any atom is 0 e. The zero-order valence-electron chi connectivity index (χ0n) is 41.5. The molecule has 0 fully saturated rings. The molecule has 0 aliphatic heterocycles. The number of hydrogen-bond acceptors (Lipinski definition) is 0. The first-order valence-electron chi connectivity index (χ1n) is 0. The molecule has 0 atom stereocenters. The molecule has 122 N–H and O–H groups in total.